The highest BCUT2D eigenvalue weighted by molar-refractivity contribution is 5.37. The number of aliphatic hydroxyl groups is 1. The van der Waals surface area contributed by atoms with Gasteiger partial charge < -0.3 is 5.11 Å². The highest BCUT2D eigenvalue weighted by atomic mass is 16.3. The maximum atomic E-state index is 9.52. The molecular formula is C13H14O. The van der Waals surface area contributed by atoms with Gasteiger partial charge in [-0.25, -0.2) is 0 Å². The van der Waals surface area contributed by atoms with Crippen LogP contribution in [0.15, 0.2) is 30.3 Å². The molecule has 1 aromatic carbocycles. The normalized spacial score (nSPS) is 19.3. The fourth-order valence-corrected chi connectivity index (χ4v) is 1.50. The summed E-state index contributed by atoms with van der Waals surface area (Å²) in [6, 6.07) is 9.92. The maximum Gasteiger partial charge on any atom is 0.0677 e. The predicted octanol–water partition coefficient (Wildman–Crippen LogP) is 2.20. The van der Waals surface area contributed by atoms with Crippen molar-refractivity contribution in [2.75, 3.05) is 0 Å². The monoisotopic (exact) mass is 186 g/mol. The molecule has 1 aromatic rings. The summed E-state index contributed by atoms with van der Waals surface area (Å²) in [6.45, 7) is 1.83. The Kier molecular flexibility index (Phi) is 2.31. The minimum atomic E-state index is -0.307. The molecule has 14 heavy (non-hydrogen) atoms. The third-order valence-corrected chi connectivity index (χ3v) is 2.82. The van der Waals surface area contributed by atoms with Crippen LogP contribution in [-0.2, 0) is 0 Å². The van der Waals surface area contributed by atoms with E-state index in [1.54, 1.807) is 0 Å². The van der Waals surface area contributed by atoms with Crippen LogP contribution in [0.2, 0.25) is 0 Å². The zero-order chi connectivity index (χ0) is 10.0. The lowest BCUT2D eigenvalue weighted by atomic mass is 10.0. The Labute approximate surface area is 84.8 Å². The molecule has 1 unspecified atom stereocenters. The molecule has 1 fully saturated rings. The second-order valence-corrected chi connectivity index (χ2v) is 3.95. The van der Waals surface area contributed by atoms with Crippen molar-refractivity contribution in [2.45, 2.75) is 25.9 Å². The molecule has 1 N–H and O–H groups in total. The molecule has 0 radical (unpaired) electrons. The average molecular weight is 186 g/mol. The molecule has 72 valence electrons. The number of benzene rings is 1. The van der Waals surface area contributed by atoms with Gasteiger partial charge in [0.25, 0.3) is 0 Å². The Morgan fingerprint density at radius 3 is 2.43 bits per heavy atom. The van der Waals surface area contributed by atoms with Gasteiger partial charge in [0, 0.05) is 5.56 Å². The lowest BCUT2D eigenvalue weighted by Gasteiger charge is -2.09. The van der Waals surface area contributed by atoms with Gasteiger partial charge in [0.1, 0.15) is 0 Å². The third-order valence-electron chi connectivity index (χ3n) is 2.82. The Morgan fingerprint density at radius 2 is 1.93 bits per heavy atom. The van der Waals surface area contributed by atoms with Gasteiger partial charge in [0.05, 0.1) is 11.5 Å². The fraction of sp³-hybridized carbons (Fsp3) is 0.385. The standard InChI is InChI=1S/C13H14O/c1-11(14)13(9-10-13)8-7-12-5-3-2-4-6-12/h2-6,11,14H,9-10H2,1H3. The van der Waals surface area contributed by atoms with Crippen LogP contribution in [0.1, 0.15) is 25.3 Å². The molecule has 0 aliphatic heterocycles. The van der Waals surface area contributed by atoms with Crippen LogP contribution in [-0.4, -0.2) is 11.2 Å². The second-order valence-electron chi connectivity index (χ2n) is 3.95. The van der Waals surface area contributed by atoms with Crippen LogP contribution < -0.4 is 0 Å². The van der Waals surface area contributed by atoms with Gasteiger partial charge in [-0.05, 0) is 31.9 Å². The molecule has 0 aromatic heterocycles. The van der Waals surface area contributed by atoms with Crippen LogP contribution in [0.25, 0.3) is 0 Å². The molecule has 0 bridgehead atoms. The molecule has 0 saturated heterocycles. The lowest BCUT2D eigenvalue weighted by molar-refractivity contribution is 0.142. The van der Waals surface area contributed by atoms with E-state index in [1.165, 1.54) is 0 Å². The molecule has 1 nitrogen and oxygen atoms in total. The van der Waals surface area contributed by atoms with Crippen molar-refractivity contribution in [2.24, 2.45) is 5.41 Å². The molecule has 0 spiro atoms. The van der Waals surface area contributed by atoms with Crippen molar-refractivity contribution in [1.29, 1.82) is 0 Å². The first-order chi connectivity index (χ1) is 6.73. The molecule has 1 atom stereocenters. The van der Waals surface area contributed by atoms with Crippen molar-refractivity contribution in [3.8, 4) is 11.8 Å². The minimum Gasteiger partial charge on any atom is -0.392 e. The predicted molar refractivity (Wildman–Crippen MR) is 56.7 cm³/mol. The van der Waals surface area contributed by atoms with E-state index >= 15 is 0 Å². The zero-order valence-electron chi connectivity index (χ0n) is 8.33. The molecule has 1 aliphatic carbocycles. The van der Waals surface area contributed by atoms with E-state index in [0.29, 0.717) is 0 Å². The topological polar surface area (TPSA) is 20.2 Å². The summed E-state index contributed by atoms with van der Waals surface area (Å²) < 4.78 is 0. The second kappa shape index (κ2) is 3.48. The van der Waals surface area contributed by atoms with E-state index in [9.17, 15) is 5.11 Å². The van der Waals surface area contributed by atoms with Gasteiger partial charge in [-0.3, -0.25) is 0 Å². The van der Waals surface area contributed by atoms with Crippen molar-refractivity contribution in [1.82, 2.24) is 0 Å². The summed E-state index contributed by atoms with van der Waals surface area (Å²) in [6.07, 6.45) is 1.76. The summed E-state index contributed by atoms with van der Waals surface area (Å²) in [7, 11) is 0. The quantitative estimate of drug-likeness (QED) is 0.667. The molecule has 0 heterocycles. The van der Waals surface area contributed by atoms with E-state index in [0.717, 1.165) is 18.4 Å². The largest absolute Gasteiger partial charge is 0.392 e. The first-order valence-electron chi connectivity index (χ1n) is 4.99. The molecule has 1 saturated carbocycles. The molecule has 2 rings (SSSR count). The zero-order valence-corrected chi connectivity index (χ0v) is 8.33. The van der Waals surface area contributed by atoms with Crippen LogP contribution in [0.3, 0.4) is 0 Å². The van der Waals surface area contributed by atoms with Gasteiger partial charge in [0.2, 0.25) is 0 Å². The summed E-state index contributed by atoms with van der Waals surface area (Å²) in [4.78, 5) is 0. The van der Waals surface area contributed by atoms with E-state index in [1.807, 2.05) is 37.3 Å². The number of hydrogen-bond donors (Lipinski definition) is 1. The van der Waals surface area contributed by atoms with Crippen molar-refractivity contribution < 1.29 is 5.11 Å². The van der Waals surface area contributed by atoms with Crippen LogP contribution in [0, 0.1) is 17.3 Å². The fourth-order valence-electron chi connectivity index (χ4n) is 1.50. The molecule has 1 aliphatic rings. The third kappa shape index (κ3) is 1.81. The van der Waals surface area contributed by atoms with Crippen molar-refractivity contribution in [3.05, 3.63) is 35.9 Å². The first-order valence-corrected chi connectivity index (χ1v) is 4.99. The van der Waals surface area contributed by atoms with E-state index in [-0.39, 0.29) is 11.5 Å². The Hall–Kier alpha value is -1.26. The smallest absolute Gasteiger partial charge is 0.0677 e. The van der Waals surface area contributed by atoms with Gasteiger partial charge in [-0.1, -0.05) is 30.0 Å². The van der Waals surface area contributed by atoms with Crippen molar-refractivity contribution >= 4 is 0 Å². The Bertz CT molecular complexity index is 363. The van der Waals surface area contributed by atoms with Gasteiger partial charge in [-0.15, -0.1) is 0 Å². The SMILES string of the molecule is CC(O)C1(C#Cc2ccccc2)CC1. The highest BCUT2D eigenvalue weighted by Crippen LogP contribution is 2.48. The van der Waals surface area contributed by atoms with E-state index in [4.69, 9.17) is 0 Å². The number of rotatable bonds is 1. The van der Waals surface area contributed by atoms with E-state index < -0.39 is 0 Å². The van der Waals surface area contributed by atoms with Gasteiger partial charge >= 0.3 is 0 Å². The summed E-state index contributed by atoms with van der Waals surface area (Å²) in [5, 5.41) is 9.52. The minimum absolute atomic E-state index is 0.101. The summed E-state index contributed by atoms with van der Waals surface area (Å²) in [5.41, 5.74) is 0.926. The molecule has 1 heteroatoms. The van der Waals surface area contributed by atoms with Crippen LogP contribution in [0.5, 0.6) is 0 Å². The lowest BCUT2D eigenvalue weighted by Crippen LogP contribution is -2.15. The average Bonchev–Trinajstić information content (AvgIpc) is 2.97. The Balaban J connectivity index is 2.15. The maximum absolute atomic E-state index is 9.52. The van der Waals surface area contributed by atoms with Crippen LogP contribution in [0.4, 0.5) is 0 Å². The van der Waals surface area contributed by atoms with Gasteiger partial charge in [0.15, 0.2) is 0 Å². The molecular weight excluding hydrogens is 172 g/mol. The van der Waals surface area contributed by atoms with Gasteiger partial charge in [-0.2, -0.15) is 0 Å². The highest BCUT2D eigenvalue weighted by Gasteiger charge is 2.45. The summed E-state index contributed by atoms with van der Waals surface area (Å²) >= 11 is 0. The summed E-state index contributed by atoms with van der Waals surface area (Å²) in [5.74, 6) is 6.30. The van der Waals surface area contributed by atoms with Crippen LogP contribution >= 0.6 is 0 Å². The molecule has 0 amide bonds. The number of aliphatic hydroxyl groups excluding tert-OH is 1. The first kappa shape index (κ1) is 9.30. The number of hydrogen-bond acceptors (Lipinski definition) is 1. The Morgan fingerprint density at radius 1 is 1.29 bits per heavy atom. The van der Waals surface area contributed by atoms with E-state index in [2.05, 4.69) is 11.8 Å². The van der Waals surface area contributed by atoms with Crippen molar-refractivity contribution in [3.63, 3.8) is 0 Å².